The van der Waals surface area contributed by atoms with Crippen molar-refractivity contribution in [2.24, 2.45) is 0 Å². The summed E-state index contributed by atoms with van der Waals surface area (Å²) in [6.07, 6.45) is 11.4. The third-order valence-corrected chi connectivity index (χ3v) is 5.09. The second kappa shape index (κ2) is 16.2. The van der Waals surface area contributed by atoms with E-state index in [1.165, 1.54) is 25.7 Å². The minimum Gasteiger partial charge on any atom is -0.481 e. The quantitative estimate of drug-likeness (QED) is 0.206. The Bertz CT molecular complexity index is 478. The zero-order valence-corrected chi connectivity index (χ0v) is 18.2. The summed E-state index contributed by atoms with van der Waals surface area (Å²) >= 11 is 0. The number of rotatable bonds is 19. The molecule has 0 aliphatic heterocycles. The Morgan fingerprint density at radius 2 is 1.21 bits per heavy atom. The van der Waals surface area contributed by atoms with E-state index in [1.54, 1.807) is 0 Å². The molecule has 29 heavy (non-hydrogen) atoms. The highest BCUT2D eigenvalue weighted by Gasteiger charge is 2.41. The maximum Gasteiger partial charge on any atom is 0.336 e. The molecule has 0 aliphatic rings. The van der Waals surface area contributed by atoms with Crippen LogP contribution in [0.4, 0.5) is 0 Å². The number of carbonyl (C=O) groups excluding carboxylic acids is 1. The molecule has 170 valence electrons. The van der Waals surface area contributed by atoms with Crippen LogP contribution >= 0.6 is 0 Å². The van der Waals surface area contributed by atoms with Gasteiger partial charge in [-0.25, -0.2) is 4.79 Å². The van der Waals surface area contributed by atoms with Gasteiger partial charge in [-0.15, -0.1) is 0 Å². The van der Waals surface area contributed by atoms with E-state index in [0.717, 1.165) is 44.9 Å². The summed E-state index contributed by atoms with van der Waals surface area (Å²) in [6.45, 7) is 4.30. The molecular formula is C22H40O7. The average molecular weight is 417 g/mol. The summed E-state index contributed by atoms with van der Waals surface area (Å²) in [6, 6.07) is 0. The van der Waals surface area contributed by atoms with Crippen molar-refractivity contribution in [3.8, 4) is 0 Å². The number of carboxylic acids is 2. The van der Waals surface area contributed by atoms with Crippen LogP contribution in [-0.4, -0.2) is 44.9 Å². The molecule has 0 amide bonds. The zero-order valence-electron chi connectivity index (χ0n) is 18.2. The van der Waals surface area contributed by atoms with Crippen molar-refractivity contribution in [3.63, 3.8) is 0 Å². The number of unbranched alkanes of at least 4 members (excludes halogenated alkanes) is 9. The van der Waals surface area contributed by atoms with Gasteiger partial charge >= 0.3 is 17.9 Å². The van der Waals surface area contributed by atoms with Gasteiger partial charge in [0.15, 0.2) is 5.60 Å². The van der Waals surface area contributed by atoms with E-state index < -0.39 is 36.4 Å². The molecule has 3 N–H and O–H groups in total. The Morgan fingerprint density at radius 3 is 1.66 bits per heavy atom. The van der Waals surface area contributed by atoms with Gasteiger partial charge < -0.3 is 20.1 Å². The molecule has 0 aromatic carbocycles. The smallest absolute Gasteiger partial charge is 0.336 e. The first kappa shape index (κ1) is 27.4. The fourth-order valence-corrected chi connectivity index (χ4v) is 3.32. The molecule has 7 nitrogen and oxygen atoms in total. The van der Waals surface area contributed by atoms with Crippen LogP contribution < -0.4 is 0 Å². The predicted octanol–water partition coefficient (Wildman–Crippen LogP) is 4.69. The second-order valence-electron chi connectivity index (χ2n) is 7.96. The van der Waals surface area contributed by atoms with E-state index in [9.17, 15) is 19.5 Å². The summed E-state index contributed by atoms with van der Waals surface area (Å²) < 4.78 is 5.45. The summed E-state index contributed by atoms with van der Waals surface area (Å²) in [5, 5.41) is 27.9. The van der Waals surface area contributed by atoms with Crippen LogP contribution in [0, 0.1) is 0 Å². The highest BCUT2D eigenvalue weighted by atomic mass is 16.5. The Balaban J connectivity index is 4.59. The molecule has 0 aromatic rings. The van der Waals surface area contributed by atoms with Gasteiger partial charge in [0.2, 0.25) is 0 Å². The molecule has 0 saturated carbocycles. The largest absolute Gasteiger partial charge is 0.481 e. The number of hydrogen-bond donors (Lipinski definition) is 3. The van der Waals surface area contributed by atoms with Crippen LogP contribution in [0.3, 0.4) is 0 Å². The highest BCUT2D eigenvalue weighted by molar-refractivity contribution is 5.88. The fraction of sp³-hybridized carbons (Fsp3) is 0.864. The molecule has 0 fully saturated rings. The monoisotopic (exact) mass is 416 g/mol. The van der Waals surface area contributed by atoms with E-state index >= 15 is 0 Å². The van der Waals surface area contributed by atoms with Crippen LogP contribution in [0.25, 0.3) is 0 Å². The van der Waals surface area contributed by atoms with Crippen LogP contribution in [0.1, 0.15) is 110 Å². The molecule has 0 saturated heterocycles. The van der Waals surface area contributed by atoms with Crippen molar-refractivity contribution in [1.82, 2.24) is 0 Å². The summed E-state index contributed by atoms with van der Waals surface area (Å²) in [5.41, 5.74) is -2.64. The topological polar surface area (TPSA) is 121 Å². The lowest BCUT2D eigenvalue weighted by molar-refractivity contribution is -0.173. The molecule has 0 heterocycles. The number of hydrogen-bond acceptors (Lipinski definition) is 5. The third kappa shape index (κ3) is 14.1. The Kier molecular flexibility index (Phi) is 15.3. The lowest BCUT2D eigenvalue weighted by Gasteiger charge is -2.23. The molecule has 2 atom stereocenters. The Hall–Kier alpha value is -1.63. The van der Waals surface area contributed by atoms with E-state index in [-0.39, 0.29) is 6.10 Å². The van der Waals surface area contributed by atoms with E-state index in [1.807, 2.05) is 0 Å². The Labute approximate surface area is 174 Å². The molecule has 0 aromatic heterocycles. The average Bonchev–Trinajstić information content (AvgIpc) is 2.63. The van der Waals surface area contributed by atoms with E-state index in [2.05, 4.69) is 13.8 Å². The summed E-state index contributed by atoms with van der Waals surface area (Å²) in [7, 11) is 0. The Morgan fingerprint density at radius 1 is 0.759 bits per heavy atom. The van der Waals surface area contributed by atoms with Crippen LogP contribution in [0.2, 0.25) is 0 Å². The van der Waals surface area contributed by atoms with Gasteiger partial charge in [-0.1, -0.05) is 71.6 Å². The van der Waals surface area contributed by atoms with Gasteiger partial charge in [-0.3, -0.25) is 9.59 Å². The predicted molar refractivity (Wildman–Crippen MR) is 111 cm³/mol. The first-order valence-corrected chi connectivity index (χ1v) is 11.1. The number of carbonyl (C=O) groups is 3. The normalized spacial score (nSPS) is 14.2. The van der Waals surface area contributed by atoms with Crippen molar-refractivity contribution in [3.05, 3.63) is 0 Å². The number of aliphatic hydroxyl groups is 1. The molecule has 0 bridgehead atoms. The van der Waals surface area contributed by atoms with Gasteiger partial charge in [-0.2, -0.15) is 0 Å². The van der Waals surface area contributed by atoms with Crippen molar-refractivity contribution in [2.75, 3.05) is 0 Å². The van der Waals surface area contributed by atoms with Crippen LogP contribution in [0.15, 0.2) is 0 Å². The molecule has 0 aliphatic carbocycles. The molecule has 7 heteroatoms. The first-order chi connectivity index (χ1) is 13.7. The van der Waals surface area contributed by atoms with Gasteiger partial charge in [0, 0.05) is 0 Å². The van der Waals surface area contributed by atoms with Gasteiger partial charge in [0.05, 0.1) is 12.8 Å². The maximum atomic E-state index is 12.2. The summed E-state index contributed by atoms with van der Waals surface area (Å²) in [4.78, 5) is 34.3. The standard InChI is InChI=1S/C22H40O7/c1-3-5-7-9-10-11-13-15-18(14-12-8-6-4-2)29-20(25)17-22(28,21(26)27)16-19(23)24/h18,28H,3-17H2,1-2H3,(H,23,24)(H,26,27). The van der Waals surface area contributed by atoms with Crippen LogP contribution in [0.5, 0.6) is 0 Å². The molecule has 0 spiro atoms. The lowest BCUT2D eigenvalue weighted by atomic mass is 9.95. The fourth-order valence-electron chi connectivity index (χ4n) is 3.32. The highest BCUT2D eigenvalue weighted by Crippen LogP contribution is 2.21. The van der Waals surface area contributed by atoms with Gasteiger partial charge in [-0.05, 0) is 25.7 Å². The zero-order chi connectivity index (χ0) is 22.1. The SMILES string of the molecule is CCCCCCCCCC(CCCCCC)OC(=O)CC(O)(CC(=O)O)C(=O)O. The second-order valence-corrected chi connectivity index (χ2v) is 7.96. The minimum atomic E-state index is -2.64. The number of esters is 1. The third-order valence-electron chi connectivity index (χ3n) is 5.09. The molecular weight excluding hydrogens is 376 g/mol. The lowest BCUT2D eigenvalue weighted by Crippen LogP contribution is -2.43. The maximum absolute atomic E-state index is 12.2. The van der Waals surface area contributed by atoms with Gasteiger partial charge in [0.1, 0.15) is 6.10 Å². The summed E-state index contributed by atoms with van der Waals surface area (Å²) in [5.74, 6) is -4.08. The van der Waals surface area contributed by atoms with Gasteiger partial charge in [0.25, 0.3) is 0 Å². The molecule has 0 radical (unpaired) electrons. The molecule has 0 rings (SSSR count). The van der Waals surface area contributed by atoms with Crippen molar-refractivity contribution < 1.29 is 34.4 Å². The van der Waals surface area contributed by atoms with E-state index in [0.29, 0.717) is 12.8 Å². The minimum absolute atomic E-state index is 0.321. The molecule has 2 unspecified atom stereocenters. The first-order valence-electron chi connectivity index (χ1n) is 11.1. The van der Waals surface area contributed by atoms with E-state index in [4.69, 9.17) is 14.9 Å². The number of carboxylic acid groups (broad SMARTS) is 2. The number of ether oxygens (including phenoxy) is 1. The van der Waals surface area contributed by atoms with Crippen molar-refractivity contribution in [2.45, 2.75) is 122 Å². The van der Waals surface area contributed by atoms with Crippen molar-refractivity contribution >= 4 is 17.9 Å². The number of aliphatic carboxylic acids is 2. The van der Waals surface area contributed by atoms with Crippen molar-refractivity contribution in [1.29, 1.82) is 0 Å². The van der Waals surface area contributed by atoms with Crippen LogP contribution in [-0.2, 0) is 19.1 Å².